The number of rotatable bonds is 3. The van der Waals surface area contributed by atoms with Crippen molar-refractivity contribution in [2.45, 2.75) is 18.8 Å². The van der Waals surface area contributed by atoms with Gasteiger partial charge in [0.05, 0.1) is 0 Å². The van der Waals surface area contributed by atoms with Crippen LogP contribution in [0, 0.1) is 0 Å². The maximum Gasteiger partial charge on any atom is 0.257 e. The van der Waals surface area contributed by atoms with Crippen molar-refractivity contribution < 1.29 is 4.79 Å². The number of hydrogen-bond acceptors (Lipinski definition) is 5. The second-order valence-corrected chi connectivity index (χ2v) is 5.82. The van der Waals surface area contributed by atoms with Gasteiger partial charge in [0, 0.05) is 18.0 Å². The monoisotopic (exact) mass is 288 g/mol. The molecule has 2 N–H and O–H groups in total. The molecule has 1 saturated heterocycles. The maximum absolute atomic E-state index is 12.0. The third-order valence-corrected chi connectivity index (χ3v) is 4.34. The zero-order chi connectivity index (χ0) is 13.8. The summed E-state index contributed by atoms with van der Waals surface area (Å²) in [4.78, 5) is 12.0. The Bertz CT molecular complexity index is 578. The third-order valence-electron chi connectivity index (χ3n) is 3.34. The molecule has 1 atom stereocenters. The summed E-state index contributed by atoms with van der Waals surface area (Å²) in [6.45, 7) is 2.02. The summed E-state index contributed by atoms with van der Waals surface area (Å²) in [6.07, 6.45) is 2.30. The van der Waals surface area contributed by atoms with Crippen LogP contribution >= 0.6 is 11.3 Å². The number of benzene rings is 1. The Hall–Kier alpha value is -1.79. The molecule has 1 aliphatic heterocycles. The summed E-state index contributed by atoms with van der Waals surface area (Å²) in [5, 5.41) is 16.0. The molecule has 1 aromatic carbocycles. The van der Waals surface area contributed by atoms with E-state index in [-0.39, 0.29) is 5.91 Å². The normalized spacial score (nSPS) is 18.7. The van der Waals surface area contributed by atoms with Crippen LogP contribution in [0.5, 0.6) is 0 Å². The molecule has 1 aromatic heterocycles. The highest BCUT2D eigenvalue weighted by Crippen LogP contribution is 2.28. The number of nitrogens with one attached hydrogen (secondary N) is 2. The Morgan fingerprint density at radius 2 is 2.15 bits per heavy atom. The van der Waals surface area contributed by atoms with Gasteiger partial charge in [-0.05, 0) is 31.5 Å². The van der Waals surface area contributed by atoms with Crippen molar-refractivity contribution in [2.75, 3.05) is 18.4 Å². The minimum absolute atomic E-state index is 0.143. The number of piperidine rings is 1. The summed E-state index contributed by atoms with van der Waals surface area (Å²) in [7, 11) is 0. The summed E-state index contributed by atoms with van der Waals surface area (Å²) in [6, 6.07) is 9.13. The molecule has 0 saturated carbocycles. The van der Waals surface area contributed by atoms with Gasteiger partial charge in [0.1, 0.15) is 5.01 Å². The summed E-state index contributed by atoms with van der Waals surface area (Å²) in [5.41, 5.74) is 0.628. The van der Waals surface area contributed by atoms with Gasteiger partial charge in [-0.2, -0.15) is 0 Å². The second kappa shape index (κ2) is 6.11. The number of anilines is 1. The molecule has 1 unspecified atom stereocenters. The Kier molecular flexibility index (Phi) is 4.03. The average Bonchev–Trinajstić information content (AvgIpc) is 2.97. The van der Waals surface area contributed by atoms with Crippen LogP contribution in [0.25, 0.3) is 0 Å². The van der Waals surface area contributed by atoms with Crippen LogP contribution in [0.3, 0.4) is 0 Å². The van der Waals surface area contributed by atoms with Crippen molar-refractivity contribution >= 4 is 22.4 Å². The topological polar surface area (TPSA) is 66.9 Å². The molecule has 0 spiro atoms. The van der Waals surface area contributed by atoms with Crippen LogP contribution in [0.4, 0.5) is 5.13 Å². The first-order valence-electron chi connectivity index (χ1n) is 6.73. The predicted molar refractivity (Wildman–Crippen MR) is 79.1 cm³/mol. The molecule has 1 amide bonds. The Labute approximate surface area is 121 Å². The van der Waals surface area contributed by atoms with Gasteiger partial charge in [0.2, 0.25) is 5.13 Å². The highest BCUT2D eigenvalue weighted by atomic mass is 32.1. The Morgan fingerprint density at radius 3 is 2.90 bits per heavy atom. The SMILES string of the molecule is O=C(Nc1nnc(C2CCCNC2)s1)c1ccccc1. The fourth-order valence-electron chi connectivity index (χ4n) is 2.27. The fraction of sp³-hybridized carbons (Fsp3) is 0.357. The molecule has 3 rings (SSSR count). The minimum Gasteiger partial charge on any atom is -0.316 e. The lowest BCUT2D eigenvalue weighted by Crippen LogP contribution is -2.28. The maximum atomic E-state index is 12.0. The minimum atomic E-state index is -0.143. The summed E-state index contributed by atoms with van der Waals surface area (Å²) >= 11 is 1.47. The molecule has 20 heavy (non-hydrogen) atoms. The lowest BCUT2D eigenvalue weighted by Gasteiger charge is -2.19. The molecule has 6 heteroatoms. The van der Waals surface area contributed by atoms with Gasteiger partial charge in [-0.25, -0.2) is 0 Å². The molecule has 1 fully saturated rings. The van der Waals surface area contributed by atoms with E-state index in [4.69, 9.17) is 0 Å². The smallest absolute Gasteiger partial charge is 0.257 e. The quantitative estimate of drug-likeness (QED) is 0.909. The van der Waals surface area contributed by atoms with Crippen molar-refractivity contribution in [3.05, 3.63) is 40.9 Å². The Morgan fingerprint density at radius 1 is 1.30 bits per heavy atom. The molecule has 5 nitrogen and oxygen atoms in total. The largest absolute Gasteiger partial charge is 0.316 e. The lowest BCUT2D eigenvalue weighted by molar-refractivity contribution is 0.102. The van der Waals surface area contributed by atoms with Gasteiger partial charge >= 0.3 is 0 Å². The van der Waals surface area contributed by atoms with Gasteiger partial charge in [0.25, 0.3) is 5.91 Å². The predicted octanol–water partition coefficient (Wildman–Crippen LogP) is 2.26. The van der Waals surface area contributed by atoms with Crippen LogP contribution in [-0.2, 0) is 0 Å². The number of aromatic nitrogens is 2. The van der Waals surface area contributed by atoms with Crippen molar-refractivity contribution in [3.63, 3.8) is 0 Å². The standard InChI is InChI=1S/C14H16N4OS/c19-12(10-5-2-1-3-6-10)16-14-18-17-13(20-14)11-7-4-8-15-9-11/h1-3,5-6,11,15H,4,7-9H2,(H,16,18,19). The number of hydrogen-bond donors (Lipinski definition) is 2. The van der Waals surface area contributed by atoms with Gasteiger partial charge in [-0.15, -0.1) is 10.2 Å². The highest BCUT2D eigenvalue weighted by Gasteiger charge is 2.20. The second-order valence-electron chi connectivity index (χ2n) is 4.81. The van der Waals surface area contributed by atoms with Crippen LogP contribution < -0.4 is 10.6 Å². The van der Waals surface area contributed by atoms with Gasteiger partial charge in [-0.3, -0.25) is 10.1 Å². The van der Waals surface area contributed by atoms with Crippen molar-refractivity contribution in [1.29, 1.82) is 0 Å². The number of carbonyl (C=O) groups excluding carboxylic acids is 1. The first kappa shape index (κ1) is 13.2. The highest BCUT2D eigenvalue weighted by molar-refractivity contribution is 7.15. The zero-order valence-electron chi connectivity index (χ0n) is 11.0. The number of amides is 1. The van der Waals surface area contributed by atoms with Crippen molar-refractivity contribution in [1.82, 2.24) is 15.5 Å². The molecule has 0 bridgehead atoms. The van der Waals surface area contributed by atoms with Crippen LogP contribution in [0.2, 0.25) is 0 Å². The average molecular weight is 288 g/mol. The van der Waals surface area contributed by atoms with Gasteiger partial charge in [0.15, 0.2) is 0 Å². The number of carbonyl (C=O) groups is 1. The van der Waals surface area contributed by atoms with E-state index in [0.717, 1.165) is 30.9 Å². The van der Waals surface area contributed by atoms with Gasteiger partial charge in [-0.1, -0.05) is 29.5 Å². The molecule has 0 aliphatic carbocycles. The molecular formula is C14H16N4OS. The molecule has 104 valence electrons. The van der Waals surface area contributed by atoms with E-state index in [2.05, 4.69) is 20.8 Å². The molecule has 2 aromatic rings. The fourth-order valence-corrected chi connectivity index (χ4v) is 3.14. The van der Waals surface area contributed by atoms with E-state index in [0.29, 0.717) is 16.6 Å². The van der Waals surface area contributed by atoms with Crippen LogP contribution in [0.1, 0.15) is 34.1 Å². The van der Waals surface area contributed by atoms with Crippen molar-refractivity contribution in [2.24, 2.45) is 0 Å². The summed E-state index contributed by atoms with van der Waals surface area (Å²) < 4.78 is 0. The van der Waals surface area contributed by atoms with E-state index in [9.17, 15) is 4.79 Å². The number of nitrogens with zero attached hydrogens (tertiary/aromatic N) is 2. The molecule has 0 radical (unpaired) electrons. The van der Waals surface area contributed by atoms with E-state index >= 15 is 0 Å². The van der Waals surface area contributed by atoms with Crippen LogP contribution in [-0.4, -0.2) is 29.2 Å². The van der Waals surface area contributed by atoms with E-state index in [1.165, 1.54) is 11.3 Å². The zero-order valence-corrected chi connectivity index (χ0v) is 11.8. The molecular weight excluding hydrogens is 272 g/mol. The van der Waals surface area contributed by atoms with E-state index in [1.807, 2.05) is 18.2 Å². The Balaban J connectivity index is 1.66. The van der Waals surface area contributed by atoms with Crippen LogP contribution in [0.15, 0.2) is 30.3 Å². The first-order valence-corrected chi connectivity index (χ1v) is 7.55. The van der Waals surface area contributed by atoms with E-state index in [1.54, 1.807) is 12.1 Å². The molecule has 2 heterocycles. The third kappa shape index (κ3) is 3.02. The molecule has 1 aliphatic rings. The van der Waals surface area contributed by atoms with Gasteiger partial charge < -0.3 is 5.32 Å². The first-order chi connectivity index (χ1) is 9.83. The summed E-state index contributed by atoms with van der Waals surface area (Å²) in [5.74, 6) is 0.277. The lowest BCUT2D eigenvalue weighted by atomic mass is 10.0. The van der Waals surface area contributed by atoms with Crippen molar-refractivity contribution in [3.8, 4) is 0 Å². The van der Waals surface area contributed by atoms with E-state index < -0.39 is 0 Å².